The molecule has 0 unspecified atom stereocenters. The molecule has 3 heterocycles. The normalized spacial score (nSPS) is 13.4. The minimum Gasteiger partial charge on any atom is -0.382 e. The van der Waals surface area contributed by atoms with Crippen molar-refractivity contribution in [3.63, 3.8) is 0 Å². The van der Waals surface area contributed by atoms with Crippen molar-refractivity contribution >= 4 is 17.6 Å². The minimum absolute atomic E-state index is 0.0382. The van der Waals surface area contributed by atoms with E-state index in [0.717, 1.165) is 36.6 Å². The van der Waals surface area contributed by atoms with Crippen molar-refractivity contribution in [1.29, 1.82) is 0 Å². The topological polar surface area (TPSA) is 81.4 Å². The Morgan fingerprint density at radius 2 is 2.14 bits per heavy atom. The summed E-state index contributed by atoms with van der Waals surface area (Å²) in [7, 11) is 1.98. The summed E-state index contributed by atoms with van der Waals surface area (Å²) in [5.41, 5.74) is 1.87. The molecule has 0 fully saturated rings. The fourth-order valence-electron chi connectivity index (χ4n) is 3.38. The second-order valence-corrected chi connectivity index (χ2v) is 6.91. The number of hydrogen-bond donors (Lipinski definition) is 1. The molecule has 28 heavy (non-hydrogen) atoms. The molecule has 1 aliphatic rings. The SMILES string of the molecule is CCOCCCNC(=O)CCC(=O)N1CCCn2nc(-c3cccn3C)cc21. The molecule has 8 heteroatoms. The van der Waals surface area contributed by atoms with E-state index in [9.17, 15) is 9.59 Å². The Kier molecular flexibility index (Phi) is 6.86. The number of aryl methyl sites for hydroxylation is 2. The van der Waals surface area contributed by atoms with Gasteiger partial charge in [-0.25, -0.2) is 4.68 Å². The maximum absolute atomic E-state index is 12.7. The molecule has 2 amide bonds. The lowest BCUT2D eigenvalue weighted by atomic mass is 10.2. The van der Waals surface area contributed by atoms with Crippen LogP contribution in [0.2, 0.25) is 0 Å². The van der Waals surface area contributed by atoms with Gasteiger partial charge in [0.2, 0.25) is 11.8 Å². The van der Waals surface area contributed by atoms with Gasteiger partial charge in [0.25, 0.3) is 0 Å². The van der Waals surface area contributed by atoms with E-state index in [1.54, 1.807) is 4.90 Å². The second kappa shape index (κ2) is 9.54. The maximum Gasteiger partial charge on any atom is 0.228 e. The predicted octanol–water partition coefficient (Wildman–Crippen LogP) is 1.95. The number of hydrogen-bond acceptors (Lipinski definition) is 4. The van der Waals surface area contributed by atoms with Gasteiger partial charge in [-0.05, 0) is 31.9 Å². The Morgan fingerprint density at radius 3 is 2.89 bits per heavy atom. The number of nitrogens with zero attached hydrogens (tertiary/aromatic N) is 4. The number of aromatic nitrogens is 3. The van der Waals surface area contributed by atoms with Crippen LogP contribution in [0.1, 0.15) is 32.6 Å². The van der Waals surface area contributed by atoms with Gasteiger partial charge in [0, 0.05) is 65.0 Å². The molecule has 2 aromatic rings. The molecule has 0 atom stereocenters. The fraction of sp³-hybridized carbons (Fsp3) is 0.550. The Labute approximate surface area is 165 Å². The van der Waals surface area contributed by atoms with Gasteiger partial charge < -0.3 is 14.6 Å². The minimum atomic E-state index is -0.0973. The van der Waals surface area contributed by atoms with Gasteiger partial charge >= 0.3 is 0 Å². The number of fused-ring (bicyclic) bond motifs is 1. The van der Waals surface area contributed by atoms with E-state index in [1.165, 1.54) is 0 Å². The summed E-state index contributed by atoms with van der Waals surface area (Å²) >= 11 is 0. The molecule has 0 bridgehead atoms. The number of anilines is 1. The van der Waals surface area contributed by atoms with Crippen molar-refractivity contribution in [2.45, 2.75) is 39.2 Å². The predicted molar refractivity (Wildman–Crippen MR) is 107 cm³/mol. The summed E-state index contributed by atoms with van der Waals surface area (Å²) in [5, 5.41) is 7.50. The first-order valence-corrected chi connectivity index (χ1v) is 9.94. The lowest BCUT2D eigenvalue weighted by Crippen LogP contribution is -2.38. The molecule has 0 aromatic carbocycles. The molecule has 3 rings (SSSR count). The van der Waals surface area contributed by atoms with Gasteiger partial charge in [0.05, 0.1) is 5.69 Å². The third-order valence-electron chi connectivity index (χ3n) is 4.85. The van der Waals surface area contributed by atoms with E-state index in [2.05, 4.69) is 10.4 Å². The van der Waals surface area contributed by atoms with Crippen LogP contribution >= 0.6 is 0 Å². The van der Waals surface area contributed by atoms with Crippen molar-refractivity contribution in [3.05, 3.63) is 24.4 Å². The molecule has 1 N–H and O–H groups in total. The summed E-state index contributed by atoms with van der Waals surface area (Å²) in [5.74, 6) is 0.674. The monoisotopic (exact) mass is 387 g/mol. The molecular weight excluding hydrogens is 358 g/mol. The van der Waals surface area contributed by atoms with Crippen molar-refractivity contribution in [1.82, 2.24) is 19.7 Å². The van der Waals surface area contributed by atoms with Gasteiger partial charge in [0.15, 0.2) is 0 Å². The van der Waals surface area contributed by atoms with E-state index in [4.69, 9.17) is 4.74 Å². The number of carbonyl (C=O) groups excluding carboxylic acids is 2. The molecule has 1 aliphatic heterocycles. The number of nitrogens with one attached hydrogen (secondary N) is 1. The van der Waals surface area contributed by atoms with Crippen LogP contribution in [-0.4, -0.2) is 52.5 Å². The van der Waals surface area contributed by atoms with Crippen LogP contribution in [0.25, 0.3) is 11.4 Å². The molecule has 0 aliphatic carbocycles. The average molecular weight is 387 g/mol. The zero-order valence-corrected chi connectivity index (χ0v) is 16.7. The molecule has 0 spiro atoms. The van der Waals surface area contributed by atoms with Crippen LogP contribution in [0.4, 0.5) is 5.82 Å². The van der Waals surface area contributed by atoms with E-state index < -0.39 is 0 Å². The van der Waals surface area contributed by atoms with Crippen molar-refractivity contribution in [3.8, 4) is 11.4 Å². The largest absolute Gasteiger partial charge is 0.382 e. The third kappa shape index (κ3) is 4.81. The van der Waals surface area contributed by atoms with Gasteiger partial charge in [-0.2, -0.15) is 5.10 Å². The lowest BCUT2D eigenvalue weighted by Gasteiger charge is -2.27. The Balaban J connectivity index is 1.55. The van der Waals surface area contributed by atoms with Crippen LogP contribution in [0.3, 0.4) is 0 Å². The second-order valence-electron chi connectivity index (χ2n) is 6.91. The molecule has 0 saturated heterocycles. The average Bonchev–Trinajstić information content (AvgIpc) is 3.31. The van der Waals surface area contributed by atoms with Crippen molar-refractivity contribution in [2.75, 3.05) is 31.2 Å². The van der Waals surface area contributed by atoms with Gasteiger partial charge in [-0.1, -0.05) is 0 Å². The fourth-order valence-corrected chi connectivity index (χ4v) is 3.38. The molecule has 0 saturated carbocycles. The molecular formula is C20H29N5O3. The van der Waals surface area contributed by atoms with Crippen LogP contribution in [-0.2, 0) is 27.9 Å². The van der Waals surface area contributed by atoms with E-state index in [-0.39, 0.29) is 24.7 Å². The first kappa shape index (κ1) is 20.1. The number of amides is 2. The highest BCUT2D eigenvalue weighted by atomic mass is 16.5. The van der Waals surface area contributed by atoms with Crippen LogP contribution in [0.15, 0.2) is 24.4 Å². The van der Waals surface area contributed by atoms with E-state index in [0.29, 0.717) is 26.3 Å². The number of ether oxygens (including phenoxy) is 1. The highest BCUT2D eigenvalue weighted by molar-refractivity contribution is 5.95. The standard InChI is InChI=1S/C20H29N5O3/c1-3-28-14-5-10-21-18(26)8-9-20(27)24-12-6-13-25-19(24)15-16(22-25)17-7-4-11-23(17)2/h4,7,11,15H,3,5-6,8-10,12-14H2,1-2H3,(H,21,26). The lowest BCUT2D eigenvalue weighted by molar-refractivity contribution is -0.125. The van der Waals surface area contributed by atoms with E-state index in [1.807, 2.05) is 47.6 Å². The third-order valence-corrected chi connectivity index (χ3v) is 4.85. The first-order chi connectivity index (χ1) is 13.6. The molecule has 0 radical (unpaired) electrons. The van der Waals surface area contributed by atoms with E-state index >= 15 is 0 Å². The summed E-state index contributed by atoms with van der Waals surface area (Å²) < 4.78 is 9.14. The van der Waals surface area contributed by atoms with Crippen LogP contribution < -0.4 is 10.2 Å². The summed E-state index contributed by atoms with van der Waals surface area (Å²) in [6.07, 6.45) is 4.01. The highest BCUT2D eigenvalue weighted by Crippen LogP contribution is 2.28. The van der Waals surface area contributed by atoms with Gasteiger partial charge in [-0.15, -0.1) is 0 Å². The molecule has 8 nitrogen and oxygen atoms in total. The quantitative estimate of drug-likeness (QED) is 0.667. The van der Waals surface area contributed by atoms with Crippen LogP contribution in [0, 0.1) is 0 Å². The summed E-state index contributed by atoms with van der Waals surface area (Å²) in [6, 6.07) is 5.94. The Bertz CT molecular complexity index is 811. The highest BCUT2D eigenvalue weighted by Gasteiger charge is 2.25. The first-order valence-electron chi connectivity index (χ1n) is 9.94. The smallest absolute Gasteiger partial charge is 0.228 e. The number of rotatable bonds is 9. The summed E-state index contributed by atoms with van der Waals surface area (Å²) in [6.45, 7) is 5.29. The zero-order chi connectivity index (χ0) is 19.9. The van der Waals surface area contributed by atoms with Crippen LogP contribution in [0.5, 0.6) is 0 Å². The van der Waals surface area contributed by atoms with Crippen molar-refractivity contribution < 1.29 is 14.3 Å². The summed E-state index contributed by atoms with van der Waals surface area (Å²) in [4.78, 5) is 26.4. The molecule has 152 valence electrons. The maximum atomic E-state index is 12.7. The van der Waals surface area contributed by atoms with Crippen molar-refractivity contribution in [2.24, 2.45) is 7.05 Å². The molecule has 2 aromatic heterocycles. The van der Waals surface area contributed by atoms with Gasteiger partial charge in [-0.3, -0.25) is 14.5 Å². The zero-order valence-electron chi connectivity index (χ0n) is 16.7. The number of carbonyl (C=O) groups is 2. The Hall–Kier alpha value is -2.61. The Morgan fingerprint density at radius 1 is 1.29 bits per heavy atom. The van der Waals surface area contributed by atoms with Gasteiger partial charge in [0.1, 0.15) is 11.5 Å².